The molecule has 29 heavy (non-hydrogen) atoms. The van der Waals surface area contributed by atoms with Crippen LogP contribution >= 0.6 is 34.3 Å². The van der Waals surface area contributed by atoms with E-state index < -0.39 is 0 Å². The molecular weight excluding hydrogens is 424 g/mol. The van der Waals surface area contributed by atoms with E-state index in [1.807, 2.05) is 53.4 Å². The standard InChI is InChI=1S/C21H21ClN4OS2/c1-25(10-9-15-5-3-2-4-6-15)20(27)19-17(26-11-12-28-21(26)24-19)14-23-13-16-7-8-18(22)29-16/h2-8,11-12,23H,9-10,13-14H2,1H3. The van der Waals surface area contributed by atoms with Crippen LogP contribution in [0, 0.1) is 0 Å². The molecule has 3 aromatic heterocycles. The number of hydrogen-bond acceptors (Lipinski definition) is 5. The van der Waals surface area contributed by atoms with Gasteiger partial charge in [-0.05, 0) is 24.1 Å². The summed E-state index contributed by atoms with van der Waals surface area (Å²) in [4.78, 5) is 21.5. The molecule has 0 saturated heterocycles. The fraction of sp³-hybridized carbons (Fsp3) is 0.238. The largest absolute Gasteiger partial charge is 0.340 e. The number of carbonyl (C=O) groups is 1. The highest BCUT2D eigenvalue weighted by Crippen LogP contribution is 2.22. The smallest absolute Gasteiger partial charge is 0.274 e. The van der Waals surface area contributed by atoms with Gasteiger partial charge in [0.25, 0.3) is 5.91 Å². The van der Waals surface area contributed by atoms with Crippen LogP contribution in [0.5, 0.6) is 0 Å². The molecule has 0 aliphatic carbocycles. The molecule has 0 bridgehead atoms. The molecule has 1 aromatic carbocycles. The third-order valence-corrected chi connectivity index (χ3v) is 6.70. The van der Waals surface area contributed by atoms with Crippen molar-refractivity contribution in [3.8, 4) is 0 Å². The Morgan fingerprint density at radius 3 is 2.79 bits per heavy atom. The van der Waals surface area contributed by atoms with Crippen molar-refractivity contribution < 1.29 is 4.79 Å². The summed E-state index contributed by atoms with van der Waals surface area (Å²) in [6.45, 7) is 1.90. The first-order valence-electron chi connectivity index (χ1n) is 9.30. The second-order valence-electron chi connectivity index (χ2n) is 6.73. The van der Waals surface area contributed by atoms with Crippen molar-refractivity contribution in [2.75, 3.05) is 13.6 Å². The minimum Gasteiger partial charge on any atom is -0.340 e. The zero-order valence-electron chi connectivity index (χ0n) is 16.0. The molecule has 8 heteroatoms. The lowest BCUT2D eigenvalue weighted by Gasteiger charge is -2.17. The van der Waals surface area contributed by atoms with E-state index in [0.29, 0.717) is 25.3 Å². The zero-order chi connectivity index (χ0) is 20.2. The molecule has 4 aromatic rings. The molecule has 0 fully saturated rings. The van der Waals surface area contributed by atoms with E-state index in [4.69, 9.17) is 11.6 Å². The zero-order valence-corrected chi connectivity index (χ0v) is 18.4. The number of benzene rings is 1. The Hall–Kier alpha value is -2.19. The van der Waals surface area contributed by atoms with Crippen molar-refractivity contribution in [2.45, 2.75) is 19.5 Å². The van der Waals surface area contributed by atoms with Gasteiger partial charge in [-0.2, -0.15) is 0 Å². The molecule has 4 rings (SSSR count). The molecule has 5 nitrogen and oxygen atoms in total. The molecule has 0 atom stereocenters. The van der Waals surface area contributed by atoms with Crippen LogP contribution in [-0.4, -0.2) is 33.8 Å². The van der Waals surface area contributed by atoms with Crippen LogP contribution in [0.2, 0.25) is 4.34 Å². The fourth-order valence-corrected chi connectivity index (χ4v) is 4.94. The van der Waals surface area contributed by atoms with Gasteiger partial charge in [0.1, 0.15) is 0 Å². The number of thiazole rings is 1. The summed E-state index contributed by atoms with van der Waals surface area (Å²) in [6.07, 6.45) is 2.78. The second-order valence-corrected chi connectivity index (χ2v) is 9.41. The minimum absolute atomic E-state index is 0.0483. The molecule has 150 valence electrons. The summed E-state index contributed by atoms with van der Waals surface area (Å²) >= 11 is 9.10. The van der Waals surface area contributed by atoms with E-state index in [1.165, 1.54) is 16.9 Å². The number of nitrogens with zero attached hydrogens (tertiary/aromatic N) is 3. The topological polar surface area (TPSA) is 49.6 Å². The Balaban J connectivity index is 1.46. The molecule has 1 amide bonds. The Kier molecular flexibility index (Phi) is 6.30. The van der Waals surface area contributed by atoms with E-state index in [-0.39, 0.29) is 5.91 Å². The number of likely N-dealkylation sites (N-methyl/N-ethyl adjacent to an activating group) is 1. The van der Waals surface area contributed by atoms with Gasteiger partial charge >= 0.3 is 0 Å². The Morgan fingerprint density at radius 1 is 1.21 bits per heavy atom. The first kappa shape index (κ1) is 20.1. The van der Waals surface area contributed by atoms with Gasteiger partial charge in [0.05, 0.1) is 10.0 Å². The van der Waals surface area contributed by atoms with Crippen molar-refractivity contribution in [2.24, 2.45) is 0 Å². The maximum absolute atomic E-state index is 13.1. The van der Waals surface area contributed by atoms with E-state index in [0.717, 1.165) is 26.3 Å². The molecule has 3 heterocycles. The number of aromatic nitrogens is 2. The van der Waals surface area contributed by atoms with Crippen LogP contribution in [0.4, 0.5) is 0 Å². The molecule has 0 unspecified atom stereocenters. The van der Waals surface area contributed by atoms with Crippen LogP contribution in [0.25, 0.3) is 4.96 Å². The van der Waals surface area contributed by atoms with Crippen molar-refractivity contribution in [3.05, 3.63) is 80.2 Å². The quantitative estimate of drug-likeness (QED) is 0.428. The van der Waals surface area contributed by atoms with Gasteiger partial charge in [0.2, 0.25) is 0 Å². The first-order chi connectivity index (χ1) is 14.1. The van der Waals surface area contributed by atoms with Gasteiger partial charge in [0.15, 0.2) is 10.7 Å². The summed E-state index contributed by atoms with van der Waals surface area (Å²) in [5.41, 5.74) is 2.62. The van der Waals surface area contributed by atoms with Gasteiger partial charge in [-0.3, -0.25) is 9.20 Å². The number of fused-ring (bicyclic) bond motifs is 1. The number of nitrogens with one attached hydrogen (secondary N) is 1. The Labute approximate surface area is 182 Å². The number of imidazole rings is 1. The number of thiophene rings is 1. The normalized spacial score (nSPS) is 11.2. The predicted octanol–water partition coefficient (Wildman–Crippen LogP) is 4.72. The summed E-state index contributed by atoms with van der Waals surface area (Å²) in [7, 11) is 1.84. The van der Waals surface area contributed by atoms with Crippen LogP contribution < -0.4 is 5.32 Å². The molecule has 1 N–H and O–H groups in total. The SMILES string of the molecule is CN(CCc1ccccc1)C(=O)c1nc2sccn2c1CNCc1ccc(Cl)s1. The molecule has 0 spiro atoms. The van der Waals surface area contributed by atoms with Crippen molar-refractivity contribution in [1.29, 1.82) is 0 Å². The van der Waals surface area contributed by atoms with E-state index in [1.54, 1.807) is 16.2 Å². The van der Waals surface area contributed by atoms with Crippen molar-refractivity contribution >= 4 is 45.1 Å². The minimum atomic E-state index is -0.0483. The monoisotopic (exact) mass is 444 g/mol. The van der Waals surface area contributed by atoms with E-state index >= 15 is 0 Å². The van der Waals surface area contributed by atoms with Gasteiger partial charge in [-0.1, -0.05) is 41.9 Å². The predicted molar refractivity (Wildman–Crippen MR) is 120 cm³/mol. The van der Waals surface area contributed by atoms with Crippen LogP contribution in [0.1, 0.15) is 26.6 Å². The van der Waals surface area contributed by atoms with Gasteiger partial charge < -0.3 is 10.2 Å². The van der Waals surface area contributed by atoms with Crippen LogP contribution in [0.15, 0.2) is 54.0 Å². The highest BCUT2D eigenvalue weighted by Gasteiger charge is 2.22. The molecule has 0 saturated carbocycles. The summed E-state index contributed by atoms with van der Waals surface area (Å²) in [5.74, 6) is -0.0483. The van der Waals surface area contributed by atoms with Gasteiger partial charge in [0, 0.05) is 43.1 Å². The van der Waals surface area contributed by atoms with Gasteiger partial charge in [-0.15, -0.1) is 22.7 Å². The third kappa shape index (κ3) is 4.70. The van der Waals surface area contributed by atoms with Crippen LogP contribution in [-0.2, 0) is 19.5 Å². The van der Waals surface area contributed by atoms with Gasteiger partial charge in [-0.25, -0.2) is 4.98 Å². The lowest BCUT2D eigenvalue weighted by Crippen LogP contribution is -2.30. The average Bonchev–Trinajstić information content (AvgIpc) is 3.43. The first-order valence-corrected chi connectivity index (χ1v) is 11.4. The summed E-state index contributed by atoms with van der Waals surface area (Å²) in [5, 5.41) is 5.40. The fourth-order valence-electron chi connectivity index (χ4n) is 3.15. The molecule has 0 aliphatic rings. The van der Waals surface area contributed by atoms with Crippen LogP contribution in [0.3, 0.4) is 0 Å². The number of hydrogen-bond donors (Lipinski definition) is 1. The number of rotatable bonds is 8. The van der Waals surface area contributed by atoms with E-state index in [2.05, 4.69) is 22.4 Å². The summed E-state index contributed by atoms with van der Waals surface area (Å²) < 4.78 is 2.78. The number of carbonyl (C=O) groups excluding carboxylic acids is 1. The number of halogens is 1. The molecule has 0 radical (unpaired) electrons. The van der Waals surface area contributed by atoms with Crippen molar-refractivity contribution in [3.63, 3.8) is 0 Å². The lowest BCUT2D eigenvalue weighted by molar-refractivity contribution is 0.0790. The maximum atomic E-state index is 13.1. The molecular formula is C21H21ClN4OS2. The van der Waals surface area contributed by atoms with Crippen molar-refractivity contribution in [1.82, 2.24) is 19.6 Å². The second kappa shape index (κ2) is 9.09. The lowest BCUT2D eigenvalue weighted by atomic mass is 10.1. The van der Waals surface area contributed by atoms with E-state index in [9.17, 15) is 4.79 Å². The molecule has 0 aliphatic heterocycles. The average molecular weight is 445 g/mol. The highest BCUT2D eigenvalue weighted by atomic mass is 35.5. The Bertz CT molecular complexity index is 1100. The Morgan fingerprint density at radius 2 is 2.03 bits per heavy atom. The maximum Gasteiger partial charge on any atom is 0.274 e. The highest BCUT2D eigenvalue weighted by molar-refractivity contribution is 7.16. The number of amides is 1. The summed E-state index contributed by atoms with van der Waals surface area (Å²) in [6, 6.07) is 14.1. The third-order valence-electron chi connectivity index (χ3n) is 4.71.